The van der Waals surface area contributed by atoms with Crippen molar-refractivity contribution in [2.24, 2.45) is 0 Å². The average Bonchev–Trinajstić information content (AvgIpc) is 2.31. The third-order valence-electron chi connectivity index (χ3n) is 2.11. The summed E-state index contributed by atoms with van der Waals surface area (Å²) >= 11 is 6.49. The Morgan fingerprint density at radius 1 is 1.24 bits per heavy atom. The van der Waals surface area contributed by atoms with Crippen molar-refractivity contribution in [2.75, 3.05) is 0 Å². The van der Waals surface area contributed by atoms with Crippen LogP contribution < -0.4 is 4.74 Å². The first kappa shape index (κ1) is 12.5. The first-order valence-electron chi connectivity index (χ1n) is 4.83. The van der Waals surface area contributed by atoms with E-state index < -0.39 is 0 Å². The third-order valence-corrected chi connectivity index (χ3v) is 3.43. The fraction of sp³-hybridized carbons (Fsp3) is 0.0833. The van der Waals surface area contributed by atoms with E-state index in [2.05, 4.69) is 36.8 Å². The number of aromatic nitrogens is 1. The smallest absolute Gasteiger partial charge is 0.139 e. The second kappa shape index (κ2) is 5.60. The standard InChI is InChI=1S/C12H8Br2FNO/c13-9-4-10(6-16-5-9)17-7-8-2-1-3-11(15)12(8)14/h1-6H,7H2. The average molecular weight is 361 g/mol. The molecule has 5 heteroatoms. The highest BCUT2D eigenvalue weighted by Gasteiger charge is 2.05. The highest BCUT2D eigenvalue weighted by Crippen LogP contribution is 2.23. The van der Waals surface area contributed by atoms with Crippen molar-refractivity contribution < 1.29 is 9.13 Å². The Morgan fingerprint density at radius 2 is 2.06 bits per heavy atom. The molecular formula is C12H8Br2FNO. The predicted octanol–water partition coefficient (Wildman–Crippen LogP) is 4.32. The maximum atomic E-state index is 13.2. The quantitative estimate of drug-likeness (QED) is 0.812. The van der Waals surface area contributed by atoms with Crippen LogP contribution in [-0.4, -0.2) is 4.98 Å². The molecule has 2 nitrogen and oxygen atoms in total. The largest absolute Gasteiger partial charge is 0.487 e. The number of ether oxygens (including phenoxy) is 1. The zero-order chi connectivity index (χ0) is 12.3. The van der Waals surface area contributed by atoms with Gasteiger partial charge in [-0.1, -0.05) is 12.1 Å². The van der Waals surface area contributed by atoms with Gasteiger partial charge in [0.15, 0.2) is 0 Å². The number of nitrogens with zero attached hydrogens (tertiary/aromatic N) is 1. The Hall–Kier alpha value is -0.940. The Morgan fingerprint density at radius 3 is 2.82 bits per heavy atom. The lowest BCUT2D eigenvalue weighted by atomic mass is 10.2. The van der Waals surface area contributed by atoms with Crippen LogP contribution in [0, 0.1) is 5.82 Å². The molecule has 0 fully saturated rings. The molecule has 0 radical (unpaired) electrons. The van der Waals surface area contributed by atoms with Crippen molar-refractivity contribution in [3.8, 4) is 5.75 Å². The van der Waals surface area contributed by atoms with E-state index in [9.17, 15) is 4.39 Å². The van der Waals surface area contributed by atoms with E-state index in [1.807, 2.05) is 0 Å². The summed E-state index contributed by atoms with van der Waals surface area (Å²) in [4.78, 5) is 3.98. The molecule has 0 bridgehead atoms. The molecule has 0 saturated carbocycles. The molecule has 0 saturated heterocycles. The summed E-state index contributed by atoms with van der Waals surface area (Å²) in [6, 6.07) is 6.66. The second-order valence-corrected chi connectivity index (χ2v) is 5.05. The van der Waals surface area contributed by atoms with Crippen LogP contribution in [0.25, 0.3) is 0 Å². The van der Waals surface area contributed by atoms with Crippen molar-refractivity contribution in [3.05, 3.63) is 57.0 Å². The van der Waals surface area contributed by atoms with Crippen molar-refractivity contribution >= 4 is 31.9 Å². The zero-order valence-electron chi connectivity index (χ0n) is 8.66. The lowest BCUT2D eigenvalue weighted by Gasteiger charge is -2.08. The Labute approximate surface area is 115 Å². The van der Waals surface area contributed by atoms with Gasteiger partial charge in [0.2, 0.25) is 0 Å². The van der Waals surface area contributed by atoms with Gasteiger partial charge in [0.25, 0.3) is 0 Å². The number of hydrogen-bond donors (Lipinski definition) is 0. The number of pyridine rings is 1. The van der Waals surface area contributed by atoms with Gasteiger partial charge in [-0.05, 0) is 44.0 Å². The summed E-state index contributed by atoms with van der Waals surface area (Å²) in [7, 11) is 0. The van der Waals surface area contributed by atoms with Gasteiger partial charge in [-0.25, -0.2) is 4.39 Å². The van der Waals surface area contributed by atoms with Crippen LogP contribution >= 0.6 is 31.9 Å². The van der Waals surface area contributed by atoms with Gasteiger partial charge in [0.1, 0.15) is 18.2 Å². The fourth-order valence-electron chi connectivity index (χ4n) is 1.29. The van der Waals surface area contributed by atoms with Crippen LogP contribution in [0.3, 0.4) is 0 Å². The minimum Gasteiger partial charge on any atom is -0.487 e. The Kier molecular flexibility index (Phi) is 4.12. The monoisotopic (exact) mass is 359 g/mol. The Bertz CT molecular complexity index is 534. The molecule has 1 aromatic heterocycles. The van der Waals surface area contributed by atoms with Crippen molar-refractivity contribution in [2.45, 2.75) is 6.61 Å². The third kappa shape index (κ3) is 3.26. The fourth-order valence-corrected chi connectivity index (χ4v) is 2.01. The van der Waals surface area contributed by atoms with Gasteiger partial charge < -0.3 is 4.74 Å². The van der Waals surface area contributed by atoms with E-state index in [4.69, 9.17) is 4.74 Å². The molecule has 0 N–H and O–H groups in total. The summed E-state index contributed by atoms with van der Waals surface area (Å²) in [6.07, 6.45) is 3.28. The van der Waals surface area contributed by atoms with Gasteiger partial charge in [-0.15, -0.1) is 0 Å². The van der Waals surface area contributed by atoms with E-state index in [0.29, 0.717) is 10.2 Å². The molecule has 0 aliphatic heterocycles. The summed E-state index contributed by atoms with van der Waals surface area (Å²) in [5.41, 5.74) is 0.755. The molecule has 0 aliphatic carbocycles. The number of rotatable bonds is 3. The van der Waals surface area contributed by atoms with Crippen LogP contribution in [0.5, 0.6) is 5.75 Å². The van der Waals surface area contributed by atoms with E-state index in [1.165, 1.54) is 6.07 Å². The van der Waals surface area contributed by atoms with E-state index >= 15 is 0 Å². The number of benzene rings is 1. The number of hydrogen-bond acceptors (Lipinski definition) is 2. The zero-order valence-corrected chi connectivity index (χ0v) is 11.8. The van der Waals surface area contributed by atoms with Gasteiger partial charge in [0, 0.05) is 16.2 Å². The van der Waals surface area contributed by atoms with E-state index in [-0.39, 0.29) is 12.4 Å². The minimum absolute atomic E-state index is 0.288. The molecule has 1 aromatic carbocycles. The van der Waals surface area contributed by atoms with Gasteiger partial charge in [-0.3, -0.25) is 4.98 Å². The first-order chi connectivity index (χ1) is 8.16. The maximum absolute atomic E-state index is 13.2. The molecule has 17 heavy (non-hydrogen) atoms. The molecule has 0 unspecified atom stereocenters. The van der Waals surface area contributed by atoms with E-state index in [0.717, 1.165) is 10.0 Å². The molecule has 88 valence electrons. The van der Waals surface area contributed by atoms with Crippen molar-refractivity contribution in [3.63, 3.8) is 0 Å². The lowest BCUT2D eigenvalue weighted by Crippen LogP contribution is -1.98. The van der Waals surface area contributed by atoms with Gasteiger partial charge in [-0.2, -0.15) is 0 Å². The molecule has 2 rings (SSSR count). The Balaban J connectivity index is 2.10. The van der Waals surface area contributed by atoms with Gasteiger partial charge in [0.05, 0.1) is 10.7 Å². The SMILES string of the molecule is Fc1cccc(COc2cncc(Br)c2)c1Br. The molecule has 0 amide bonds. The summed E-state index contributed by atoms with van der Waals surface area (Å²) in [6.45, 7) is 0.288. The van der Waals surface area contributed by atoms with Crippen LogP contribution in [0.2, 0.25) is 0 Å². The minimum atomic E-state index is -0.293. The molecule has 0 spiro atoms. The maximum Gasteiger partial charge on any atom is 0.139 e. The molecule has 1 heterocycles. The summed E-state index contributed by atoms with van der Waals surface area (Å²) < 4.78 is 20.0. The summed E-state index contributed by atoms with van der Waals surface area (Å²) in [5.74, 6) is 0.342. The normalized spacial score (nSPS) is 10.3. The summed E-state index contributed by atoms with van der Waals surface area (Å²) in [5, 5.41) is 0. The first-order valence-corrected chi connectivity index (χ1v) is 6.41. The molecule has 0 aliphatic rings. The highest BCUT2D eigenvalue weighted by atomic mass is 79.9. The van der Waals surface area contributed by atoms with E-state index in [1.54, 1.807) is 30.6 Å². The van der Waals surface area contributed by atoms with Crippen LogP contribution in [-0.2, 0) is 6.61 Å². The topological polar surface area (TPSA) is 22.1 Å². The highest BCUT2D eigenvalue weighted by molar-refractivity contribution is 9.10. The van der Waals surface area contributed by atoms with Crippen LogP contribution in [0.15, 0.2) is 45.6 Å². The number of halogens is 3. The molecular weight excluding hydrogens is 353 g/mol. The second-order valence-electron chi connectivity index (χ2n) is 3.34. The molecule has 0 atom stereocenters. The lowest BCUT2D eigenvalue weighted by molar-refractivity contribution is 0.303. The van der Waals surface area contributed by atoms with Gasteiger partial charge >= 0.3 is 0 Å². The van der Waals surface area contributed by atoms with Crippen molar-refractivity contribution in [1.29, 1.82) is 0 Å². The van der Waals surface area contributed by atoms with Crippen molar-refractivity contribution in [1.82, 2.24) is 4.98 Å². The predicted molar refractivity (Wildman–Crippen MR) is 70.4 cm³/mol. The van der Waals surface area contributed by atoms with Crippen LogP contribution in [0.4, 0.5) is 4.39 Å². The molecule has 2 aromatic rings. The van der Waals surface area contributed by atoms with Crippen LogP contribution in [0.1, 0.15) is 5.56 Å².